The average molecular weight is 464 g/mol. The second-order valence-electron chi connectivity index (χ2n) is 8.27. The molecule has 172 valence electrons. The minimum atomic E-state index is -1.18. The van der Waals surface area contributed by atoms with E-state index < -0.39 is 5.54 Å². The van der Waals surface area contributed by atoms with Crippen LogP contribution in [-0.2, 0) is 16.8 Å². The summed E-state index contributed by atoms with van der Waals surface area (Å²) in [6.45, 7) is 1.83. The number of nitrogens with zero attached hydrogens (tertiary/aromatic N) is 7. The number of nitrogens with two attached hydrogens (primary N) is 1. The summed E-state index contributed by atoms with van der Waals surface area (Å²) in [5, 5.41) is 9.67. The molecule has 35 heavy (non-hydrogen) atoms. The van der Waals surface area contributed by atoms with Crippen LogP contribution in [0.5, 0.6) is 0 Å². The van der Waals surface area contributed by atoms with Crippen LogP contribution in [0.4, 0.5) is 5.95 Å². The number of hydrogen-bond donors (Lipinski definition) is 1. The molecule has 6 aromatic rings. The van der Waals surface area contributed by atoms with Gasteiger partial charge in [0.2, 0.25) is 11.8 Å². The van der Waals surface area contributed by atoms with Gasteiger partial charge in [0.1, 0.15) is 5.54 Å². The molecular weight excluding hydrogens is 444 g/mol. The van der Waals surface area contributed by atoms with Crippen LogP contribution in [0.1, 0.15) is 18.2 Å². The Morgan fingerprint density at radius 2 is 1.86 bits per heavy atom. The van der Waals surface area contributed by atoms with Crippen molar-refractivity contribution in [2.45, 2.75) is 18.9 Å². The Labute approximate surface area is 199 Å². The van der Waals surface area contributed by atoms with E-state index in [9.17, 15) is 4.79 Å². The molecule has 10 nitrogen and oxygen atoms in total. The van der Waals surface area contributed by atoms with Crippen molar-refractivity contribution in [3.8, 4) is 11.6 Å². The maximum absolute atomic E-state index is 13.9. The van der Waals surface area contributed by atoms with E-state index in [1.807, 2.05) is 55.5 Å². The molecular formula is C25H20N8O2. The standard InChI is InChI=1S/C25H20N8O2/c1-25(16-8-3-2-4-9-16,20(34)14-17-10-5-6-12-27-17)33-23-18(15-28-33)22-29-21(19-11-7-13-35-19)31-32(22)24(26)30-23/h2-13,15H,14H2,1H3,(H2,26,30). The number of hydrogen-bond acceptors (Lipinski definition) is 8. The van der Waals surface area contributed by atoms with E-state index in [1.165, 1.54) is 4.52 Å². The monoisotopic (exact) mass is 464 g/mol. The van der Waals surface area contributed by atoms with E-state index in [4.69, 9.17) is 10.2 Å². The van der Waals surface area contributed by atoms with Gasteiger partial charge in [-0.25, -0.2) is 9.67 Å². The fourth-order valence-corrected chi connectivity index (χ4v) is 4.25. The first kappa shape index (κ1) is 20.7. The van der Waals surface area contributed by atoms with Crippen molar-refractivity contribution >= 4 is 28.4 Å². The van der Waals surface area contributed by atoms with Gasteiger partial charge in [0, 0.05) is 11.9 Å². The number of carbonyl (C=O) groups excluding carboxylic acids is 1. The Morgan fingerprint density at radius 3 is 2.60 bits per heavy atom. The molecule has 0 saturated heterocycles. The van der Waals surface area contributed by atoms with Crippen molar-refractivity contribution in [2.75, 3.05) is 5.73 Å². The summed E-state index contributed by atoms with van der Waals surface area (Å²) >= 11 is 0. The molecule has 5 aromatic heterocycles. The van der Waals surface area contributed by atoms with Gasteiger partial charge in [0.05, 0.1) is 24.3 Å². The second kappa shape index (κ2) is 7.87. The first-order chi connectivity index (χ1) is 17.1. The molecule has 0 aliphatic carbocycles. The molecule has 1 unspecified atom stereocenters. The molecule has 0 aliphatic rings. The number of carbonyl (C=O) groups is 1. The van der Waals surface area contributed by atoms with Gasteiger partial charge in [0.15, 0.2) is 22.8 Å². The predicted molar refractivity (Wildman–Crippen MR) is 128 cm³/mol. The Balaban J connectivity index is 1.55. The van der Waals surface area contributed by atoms with Crippen molar-refractivity contribution in [1.82, 2.24) is 34.3 Å². The summed E-state index contributed by atoms with van der Waals surface area (Å²) in [5.41, 5.74) is 7.44. The van der Waals surface area contributed by atoms with Crippen LogP contribution in [0, 0.1) is 0 Å². The summed E-state index contributed by atoms with van der Waals surface area (Å²) in [7, 11) is 0. The maximum Gasteiger partial charge on any atom is 0.225 e. The Kier molecular flexibility index (Phi) is 4.66. The number of ketones is 1. The SMILES string of the molecule is CC(C(=O)Cc1ccccn1)(c1ccccc1)n1ncc2c1nc(N)n1nc(-c3ccco3)nc21. The smallest absolute Gasteiger partial charge is 0.225 e. The van der Waals surface area contributed by atoms with Crippen LogP contribution in [0.15, 0.2) is 83.7 Å². The molecule has 0 saturated carbocycles. The summed E-state index contributed by atoms with van der Waals surface area (Å²) in [4.78, 5) is 27.4. The lowest BCUT2D eigenvalue weighted by atomic mass is 9.85. The van der Waals surface area contributed by atoms with Crippen LogP contribution in [0.25, 0.3) is 28.3 Å². The number of Topliss-reactive ketones (excluding diaryl/α,β-unsaturated/α-hetero) is 1. The number of rotatable bonds is 6. The van der Waals surface area contributed by atoms with Crippen molar-refractivity contribution in [3.63, 3.8) is 0 Å². The van der Waals surface area contributed by atoms with Crippen molar-refractivity contribution < 1.29 is 9.21 Å². The van der Waals surface area contributed by atoms with Gasteiger partial charge >= 0.3 is 0 Å². The summed E-state index contributed by atoms with van der Waals surface area (Å²) in [6.07, 6.45) is 4.98. The quantitative estimate of drug-likeness (QED) is 0.397. The van der Waals surface area contributed by atoms with Gasteiger partial charge in [-0.3, -0.25) is 9.78 Å². The zero-order chi connectivity index (χ0) is 24.0. The van der Waals surface area contributed by atoms with E-state index >= 15 is 0 Å². The number of anilines is 1. The lowest BCUT2D eigenvalue weighted by Crippen LogP contribution is -2.42. The third kappa shape index (κ3) is 3.26. The fourth-order valence-electron chi connectivity index (χ4n) is 4.25. The molecule has 1 atom stereocenters. The van der Waals surface area contributed by atoms with Gasteiger partial charge in [-0.1, -0.05) is 36.4 Å². The first-order valence-electron chi connectivity index (χ1n) is 11.0. The van der Waals surface area contributed by atoms with Crippen LogP contribution in [0.2, 0.25) is 0 Å². The lowest BCUT2D eigenvalue weighted by Gasteiger charge is -2.29. The zero-order valence-corrected chi connectivity index (χ0v) is 18.7. The summed E-state index contributed by atoms with van der Waals surface area (Å²) < 4.78 is 8.49. The Bertz CT molecular complexity index is 1660. The molecule has 0 bridgehead atoms. The summed E-state index contributed by atoms with van der Waals surface area (Å²) in [6, 6.07) is 18.5. The number of fused-ring (bicyclic) bond motifs is 3. The molecule has 0 amide bonds. The van der Waals surface area contributed by atoms with Gasteiger partial charge in [-0.05, 0) is 36.8 Å². The Morgan fingerprint density at radius 1 is 1.03 bits per heavy atom. The van der Waals surface area contributed by atoms with Gasteiger partial charge in [-0.2, -0.15) is 14.6 Å². The van der Waals surface area contributed by atoms with E-state index in [-0.39, 0.29) is 18.2 Å². The highest BCUT2D eigenvalue weighted by Crippen LogP contribution is 2.32. The highest BCUT2D eigenvalue weighted by atomic mass is 16.3. The molecule has 6 rings (SSSR count). The van der Waals surface area contributed by atoms with Crippen molar-refractivity contribution in [3.05, 3.63) is 90.6 Å². The summed E-state index contributed by atoms with van der Waals surface area (Å²) in [5.74, 6) is 0.909. The molecule has 2 N–H and O–H groups in total. The largest absolute Gasteiger partial charge is 0.461 e. The lowest BCUT2D eigenvalue weighted by molar-refractivity contribution is -0.124. The average Bonchev–Trinajstić information content (AvgIpc) is 3.64. The van der Waals surface area contributed by atoms with Crippen molar-refractivity contribution in [2.24, 2.45) is 0 Å². The second-order valence-corrected chi connectivity index (χ2v) is 8.27. The highest BCUT2D eigenvalue weighted by molar-refractivity contribution is 5.95. The number of nitrogen functional groups attached to an aromatic ring is 1. The number of pyridine rings is 1. The first-order valence-corrected chi connectivity index (χ1v) is 11.0. The van der Waals surface area contributed by atoms with E-state index in [0.29, 0.717) is 34.0 Å². The normalized spacial score (nSPS) is 13.3. The minimum Gasteiger partial charge on any atom is -0.461 e. The topological polar surface area (TPSA) is 130 Å². The van der Waals surface area contributed by atoms with Crippen LogP contribution in [-0.4, -0.2) is 40.1 Å². The molecule has 0 radical (unpaired) electrons. The van der Waals surface area contributed by atoms with Gasteiger partial charge in [-0.15, -0.1) is 5.10 Å². The van der Waals surface area contributed by atoms with Crippen molar-refractivity contribution in [1.29, 1.82) is 0 Å². The van der Waals surface area contributed by atoms with E-state index in [2.05, 4.69) is 25.1 Å². The number of aromatic nitrogens is 7. The van der Waals surface area contributed by atoms with Gasteiger partial charge < -0.3 is 10.2 Å². The van der Waals surface area contributed by atoms with E-state index in [1.54, 1.807) is 35.5 Å². The molecule has 10 heteroatoms. The van der Waals surface area contributed by atoms with Crippen LogP contribution >= 0.6 is 0 Å². The number of furan rings is 1. The third-order valence-corrected chi connectivity index (χ3v) is 6.14. The molecule has 0 spiro atoms. The van der Waals surface area contributed by atoms with Gasteiger partial charge in [0.25, 0.3) is 0 Å². The number of benzene rings is 1. The Hall–Kier alpha value is -4.86. The maximum atomic E-state index is 13.9. The third-order valence-electron chi connectivity index (χ3n) is 6.14. The predicted octanol–water partition coefficient (Wildman–Crippen LogP) is 3.29. The molecule has 1 aromatic carbocycles. The minimum absolute atomic E-state index is 0.0922. The van der Waals surface area contributed by atoms with Crippen LogP contribution < -0.4 is 5.73 Å². The van der Waals surface area contributed by atoms with E-state index in [0.717, 1.165) is 5.56 Å². The highest BCUT2D eigenvalue weighted by Gasteiger charge is 2.39. The zero-order valence-electron chi connectivity index (χ0n) is 18.7. The molecule has 0 fully saturated rings. The fraction of sp³-hybridized carbons (Fsp3) is 0.120. The van der Waals surface area contributed by atoms with Crippen LogP contribution in [0.3, 0.4) is 0 Å². The molecule has 0 aliphatic heterocycles. The molecule has 5 heterocycles.